The summed E-state index contributed by atoms with van der Waals surface area (Å²) in [6.07, 6.45) is 4.62. The van der Waals surface area contributed by atoms with Crippen LogP contribution >= 0.6 is 11.3 Å². The van der Waals surface area contributed by atoms with Crippen molar-refractivity contribution in [1.29, 1.82) is 0 Å². The zero-order valence-electron chi connectivity index (χ0n) is 13.7. The molecule has 1 saturated heterocycles. The van der Waals surface area contributed by atoms with Gasteiger partial charge in [0.2, 0.25) is 5.91 Å². The zero-order valence-corrected chi connectivity index (χ0v) is 14.5. The number of aromatic nitrogens is 2. The highest BCUT2D eigenvalue weighted by atomic mass is 32.1. The molecule has 3 heterocycles. The van der Waals surface area contributed by atoms with E-state index in [1.165, 1.54) is 4.88 Å². The van der Waals surface area contributed by atoms with E-state index in [9.17, 15) is 9.18 Å². The number of thiophene rings is 1. The number of alkyl halides is 1. The molecular formula is C17H21FN4OS. The van der Waals surface area contributed by atoms with Crippen molar-refractivity contribution in [2.24, 2.45) is 5.41 Å². The molecule has 1 N–H and O–H groups in total. The zero-order chi connectivity index (χ0) is 16.7. The summed E-state index contributed by atoms with van der Waals surface area (Å²) in [5, 5.41) is 4.07. The van der Waals surface area contributed by atoms with E-state index in [4.69, 9.17) is 0 Å². The molecule has 2 aliphatic rings. The third kappa shape index (κ3) is 2.64. The van der Waals surface area contributed by atoms with Crippen molar-refractivity contribution in [3.63, 3.8) is 0 Å². The molecule has 1 aliphatic heterocycles. The molecule has 24 heavy (non-hydrogen) atoms. The second kappa shape index (κ2) is 5.95. The third-order valence-corrected chi connectivity index (χ3v) is 6.29. The minimum absolute atomic E-state index is 0.0214. The number of hydrogen-bond donors (Lipinski definition) is 1. The molecule has 128 valence electrons. The molecule has 0 atom stereocenters. The van der Waals surface area contributed by atoms with Gasteiger partial charge in [-0.1, -0.05) is 6.92 Å². The molecule has 5 nitrogen and oxygen atoms in total. The van der Waals surface area contributed by atoms with Crippen molar-refractivity contribution >= 4 is 33.3 Å². The van der Waals surface area contributed by atoms with E-state index in [1.54, 1.807) is 17.7 Å². The van der Waals surface area contributed by atoms with Gasteiger partial charge in [-0.2, -0.15) is 0 Å². The molecule has 1 spiro atoms. The van der Waals surface area contributed by atoms with E-state index in [1.807, 2.05) is 0 Å². The summed E-state index contributed by atoms with van der Waals surface area (Å²) in [5.74, 6) is 0.864. The quantitative estimate of drug-likeness (QED) is 0.903. The highest BCUT2D eigenvalue weighted by Gasteiger charge is 2.53. The highest BCUT2D eigenvalue weighted by molar-refractivity contribution is 7.18. The van der Waals surface area contributed by atoms with Crippen molar-refractivity contribution in [1.82, 2.24) is 15.3 Å². The molecule has 0 aromatic carbocycles. The monoisotopic (exact) mass is 348 g/mol. The summed E-state index contributed by atoms with van der Waals surface area (Å²) in [4.78, 5) is 25.0. The number of carbonyl (C=O) groups is 1. The van der Waals surface area contributed by atoms with Crippen LogP contribution in [0.25, 0.3) is 10.2 Å². The Hall–Kier alpha value is -1.76. The lowest BCUT2D eigenvalue weighted by atomic mass is 9.60. The molecule has 7 heteroatoms. The minimum atomic E-state index is -0.582. The van der Waals surface area contributed by atoms with Gasteiger partial charge in [-0.15, -0.1) is 11.3 Å². The Bertz CT molecular complexity index is 763. The number of amides is 1. The van der Waals surface area contributed by atoms with Crippen LogP contribution in [0.1, 0.15) is 31.1 Å². The predicted octanol–water partition coefficient (Wildman–Crippen LogP) is 2.70. The van der Waals surface area contributed by atoms with Crippen LogP contribution in [0, 0.1) is 5.41 Å². The van der Waals surface area contributed by atoms with Crippen molar-refractivity contribution in [3.8, 4) is 0 Å². The van der Waals surface area contributed by atoms with Crippen LogP contribution in [0.2, 0.25) is 0 Å². The number of nitrogens with zero attached hydrogens (tertiary/aromatic N) is 3. The molecule has 0 bridgehead atoms. The largest absolute Gasteiger partial charge is 0.355 e. The smallest absolute Gasteiger partial charge is 0.222 e. The molecule has 1 aliphatic carbocycles. The number of anilines is 1. The van der Waals surface area contributed by atoms with Gasteiger partial charge in [0.05, 0.1) is 18.5 Å². The molecule has 0 radical (unpaired) electrons. The van der Waals surface area contributed by atoms with Crippen molar-refractivity contribution in [2.75, 3.05) is 24.7 Å². The van der Waals surface area contributed by atoms with Gasteiger partial charge in [-0.3, -0.25) is 9.18 Å². The lowest BCUT2D eigenvalue weighted by Crippen LogP contribution is -2.66. The first-order chi connectivity index (χ1) is 11.6. The number of carbonyl (C=O) groups excluding carboxylic acids is 1. The van der Waals surface area contributed by atoms with Crippen LogP contribution in [0.15, 0.2) is 12.4 Å². The molecule has 2 aromatic heterocycles. The Morgan fingerprint density at radius 3 is 2.96 bits per heavy atom. The maximum Gasteiger partial charge on any atom is 0.222 e. The van der Waals surface area contributed by atoms with Crippen LogP contribution in [0.4, 0.5) is 10.2 Å². The first-order valence-electron chi connectivity index (χ1n) is 8.46. The third-order valence-electron chi connectivity index (χ3n) is 5.11. The fraction of sp³-hybridized carbons (Fsp3) is 0.588. The van der Waals surface area contributed by atoms with E-state index >= 15 is 0 Å². The Labute approximate surface area is 144 Å². The maximum atomic E-state index is 12.2. The molecule has 2 aromatic rings. The standard InChI is InChI=1S/C17H21FN4OS/c1-2-12-5-13-15(19-10-20-16(13)24-12)22-8-17(9-22)6-11(7-17)21-14(23)3-4-18/h5,10-11H,2-4,6-9H2,1H3,(H,21,23). The number of fused-ring (bicyclic) bond motifs is 1. The number of rotatable bonds is 5. The SMILES string of the molecule is CCc1cc2c(N3CC4(CC(NC(=O)CCF)C4)C3)ncnc2s1. The van der Waals surface area contributed by atoms with Gasteiger partial charge in [0.15, 0.2) is 0 Å². The molecule has 1 amide bonds. The van der Waals surface area contributed by atoms with E-state index in [-0.39, 0.29) is 18.4 Å². The summed E-state index contributed by atoms with van der Waals surface area (Å²) in [6, 6.07) is 2.42. The summed E-state index contributed by atoms with van der Waals surface area (Å²) in [7, 11) is 0. The van der Waals surface area contributed by atoms with E-state index in [2.05, 4.69) is 33.2 Å². The van der Waals surface area contributed by atoms with E-state index in [0.717, 1.165) is 48.4 Å². The maximum absolute atomic E-state index is 12.2. The van der Waals surface area contributed by atoms with Crippen LogP contribution in [0.3, 0.4) is 0 Å². The average molecular weight is 348 g/mol. The van der Waals surface area contributed by atoms with E-state index in [0.29, 0.717) is 5.41 Å². The van der Waals surface area contributed by atoms with Gasteiger partial charge in [-0.25, -0.2) is 9.97 Å². The van der Waals surface area contributed by atoms with Crippen LogP contribution in [0.5, 0.6) is 0 Å². The Kier molecular flexibility index (Phi) is 3.90. The van der Waals surface area contributed by atoms with Gasteiger partial charge in [-0.05, 0) is 25.3 Å². The summed E-state index contributed by atoms with van der Waals surface area (Å²) >= 11 is 1.74. The van der Waals surface area contributed by atoms with Gasteiger partial charge in [0.1, 0.15) is 17.0 Å². The number of aryl methyl sites for hydroxylation is 1. The Balaban J connectivity index is 1.39. The molecule has 2 fully saturated rings. The lowest BCUT2D eigenvalue weighted by Gasteiger charge is -2.59. The molecule has 1 saturated carbocycles. The first-order valence-corrected chi connectivity index (χ1v) is 9.28. The topological polar surface area (TPSA) is 58.1 Å². The van der Waals surface area contributed by atoms with Gasteiger partial charge in [0.25, 0.3) is 0 Å². The van der Waals surface area contributed by atoms with E-state index < -0.39 is 6.67 Å². The summed E-state index contributed by atoms with van der Waals surface area (Å²) in [6.45, 7) is 3.53. The van der Waals surface area contributed by atoms with Crippen molar-refractivity contribution < 1.29 is 9.18 Å². The Morgan fingerprint density at radius 1 is 1.46 bits per heavy atom. The normalized spacial score (nSPS) is 19.3. The van der Waals surface area contributed by atoms with Crippen molar-refractivity contribution in [2.45, 2.75) is 38.6 Å². The fourth-order valence-corrected chi connectivity index (χ4v) is 4.89. The van der Waals surface area contributed by atoms with Gasteiger partial charge < -0.3 is 10.2 Å². The molecule has 4 rings (SSSR count). The predicted molar refractivity (Wildman–Crippen MR) is 93.2 cm³/mol. The summed E-state index contributed by atoms with van der Waals surface area (Å²) in [5.41, 5.74) is 0.300. The molecule has 0 unspecified atom stereocenters. The number of nitrogens with one attached hydrogen (secondary N) is 1. The summed E-state index contributed by atoms with van der Waals surface area (Å²) < 4.78 is 12.2. The van der Waals surface area contributed by atoms with Crippen LogP contribution < -0.4 is 10.2 Å². The van der Waals surface area contributed by atoms with Crippen LogP contribution in [-0.2, 0) is 11.2 Å². The highest BCUT2D eigenvalue weighted by Crippen LogP contribution is 2.50. The second-order valence-corrected chi connectivity index (χ2v) is 8.07. The van der Waals surface area contributed by atoms with Crippen molar-refractivity contribution in [3.05, 3.63) is 17.3 Å². The van der Waals surface area contributed by atoms with Gasteiger partial charge in [0, 0.05) is 29.4 Å². The Morgan fingerprint density at radius 2 is 2.25 bits per heavy atom. The minimum Gasteiger partial charge on any atom is -0.355 e. The second-order valence-electron chi connectivity index (χ2n) is 6.95. The molecular weight excluding hydrogens is 327 g/mol. The fourth-order valence-electron chi connectivity index (χ4n) is 3.96. The number of halogens is 1. The average Bonchev–Trinajstić information content (AvgIpc) is 2.92. The lowest BCUT2D eigenvalue weighted by molar-refractivity contribution is -0.123. The van der Waals surface area contributed by atoms with Crippen LogP contribution in [-0.4, -0.2) is 41.7 Å². The van der Waals surface area contributed by atoms with Gasteiger partial charge >= 0.3 is 0 Å². The number of hydrogen-bond acceptors (Lipinski definition) is 5. The first kappa shape index (κ1) is 15.7.